The summed E-state index contributed by atoms with van der Waals surface area (Å²) in [6.45, 7) is 0. The minimum Gasteiger partial charge on any atom is -0.199 e. The van der Waals surface area contributed by atoms with Crippen molar-refractivity contribution in [2.45, 2.75) is 10.4 Å². The van der Waals surface area contributed by atoms with Gasteiger partial charge in [-0.25, -0.2) is 0 Å². The number of fused-ring (bicyclic) bond motifs is 1. The van der Waals surface area contributed by atoms with Crippen molar-refractivity contribution < 1.29 is 8.42 Å². The monoisotopic (exact) mass is 350 g/mol. The number of sulfonamides is 1. The third-order valence-electron chi connectivity index (χ3n) is 4.53. The predicted molar refractivity (Wildman–Crippen MR) is 94.0 cm³/mol. The fourth-order valence-electron chi connectivity index (χ4n) is 3.53. The molecule has 0 saturated heterocycles. The largest absolute Gasteiger partial charge is 0.283 e. The molecule has 0 unspecified atom stereocenters. The fourth-order valence-corrected chi connectivity index (χ4v) is 5.22. The average Bonchev–Trinajstić information content (AvgIpc) is 2.88. The second kappa shape index (κ2) is 5.53. The van der Waals surface area contributed by atoms with Gasteiger partial charge in [-0.3, -0.25) is 0 Å². The van der Waals surface area contributed by atoms with Gasteiger partial charge in [-0.2, -0.15) is 8.42 Å². The minimum absolute atomic E-state index is 0.0994. The SMILES string of the molecule is O=NN1C(c2ccccc2)(c2ccccc2)c2ccccc2S1(=O)=O. The quantitative estimate of drug-likeness (QED) is 0.677. The summed E-state index contributed by atoms with van der Waals surface area (Å²) in [5.41, 5.74) is 0.523. The van der Waals surface area contributed by atoms with Crippen LogP contribution in [0.15, 0.2) is 95.1 Å². The summed E-state index contributed by atoms with van der Waals surface area (Å²) < 4.78 is 26.7. The Bertz CT molecular complexity index is 995. The maximum absolute atomic E-state index is 13.0. The molecule has 0 atom stereocenters. The first-order valence-electron chi connectivity index (χ1n) is 7.72. The van der Waals surface area contributed by atoms with Gasteiger partial charge < -0.3 is 0 Å². The molecule has 0 spiro atoms. The lowest BCUT2D eigenvalue weighted by atomic mass is 9.77. The van der Waals surface area contributed by atoms with Gasteiger partial charge in [0.05, 0.1) is 10.2 Å². The van der Waals surface area contributed by atoms with Gasteiger partial charge in [-0.1, -0.05) is 78.9 Å². The summed E-state index contributed by atoms with van der Waals surface area (Å²) in [7, 11) is -4.05. The lowest BCUT2D eigenvalue weighted by molar-refractivity contribution is 0.301. The third-order valence-corrected chi connectivity index (χ3v) is 6.23. The summed E-state index contributed by atoms with van der Waals surface area (Å²) in [4.78, 5) is 11.8. The summed E-state index contributed by atoms with van der Waals surface area (Å²) >= 11 is 0. The van der Waals surface area contributed by atoms with Crippen LogP contribution in [0.1, 0.15) is 16.7 Å². The van der Waals surface area contributed by atoms with Crippen LogP contribution in [-0.4, -0.2) is 12.8 Å². The highest BCUT2D eigenvalue weighted by molar-refractivity contribution is 7.89. The molecule has 6 heteroatoms. The normalized spacial score (nSPS) is 17.0. The Kier molecular flexibility index (Phi) is 3.43. The van der Waals surface area contributed by atoms with E-state index in [1.165, 1.54) is 6.07 Å². The van der Waals surface area contributed by atoms with E-state index in [0.29, 0.717) is 21.1 Å². The second-order valence-electron chi connectivity index (χ2n) is 5.77. The van der Waals surface area contributed by atoms with E-state index in [0.717, 1.165) is 0 Å². The van der Waals surface area contributed by atoms with E-state index in [4.69, 9.17) is 0 Å². The molecular formula is C19H14N2O3S. The van der Waals surface area contributed by atoms with E-state index in [1.54, 1.807) is 18.2 Å². The van der Waals surface area contributed by atoms with Gasteiger partial charge in [0.2, 0.25) is 0 Å². The molecule has 1 aliphatic rings. The molecule has 124 valence electrons. The van der Waals surface area contributed by atoms with E-state index in [9.17, 15) is 13.3 Å². The summed E-state index contributed by atoms with van der Waals surface area (Å²) in [6, 6.07) is 24.8. The van der Waals surface area contributed by atoms with Crippen LogP contribution in [0.5, 0.6) is 0 Å². The number of benzene rings is 3. The van der Waals surface area contributed by atoms with Gasteiger partial charge in [0, 0.05) is 5.56 Å². The Labute approximate surface area is 145 Å². The van der Waals surface area contributed by atoms with Crippen LogP contribution in [-0.2, 0) is 15.6 Å². The lowest BCUT2D eigenvalue weighted by Crippen LogP contribution is -2.42. The highest BCUT2D eigenvalue weighted by atomic mass is 32.2. The Hall–Kier alpha value is -2.99. The van der Waals surface area contributed by atoms with E-state index in [2.05, 4.69) is 5.29 Å². The first-order chi connectivity index (χ1) is 12.1. The van der Waals surface area contributed by atoms with Crippen molar-refractivity contribution in [2.24, 2.45) is 5.29 Å². The molecule has 25 heavy (non-hydrogen) atoms. The fraction of sp³-hybridized carbons (Fsp3) is 0.0526. The van der Waals surface area contributed by atoms with Crippen LogP contribution in [0, 0.1) is 4.91 Å². The van der Waals surface area contributed by atoms with Gasteiger partial charge in [0.15, 0.2) is 5.54 Å². The van der Waals surface area contributed by atoms with Gasteiger partial charge in [-0.15, -0.1) is 9.32 Å². The van der Waals surface area contributed by atoms with Crippen molar-refractivity contribution >= 4 is 10.0 Å². The Morgan fingerprint density at radius 1 is 0.720 bits per heavy atom. The zero-order valence-corrected chi connectivity index (χ0v) is 13.9. The zero-order valence-electron chi connectivity index (χ0n) is 13.1. The maximum atomic E-state index is 13.0. The van der Waals surface area contributed by atoms with Crippen LogP contribution in [0.2, 0.25) is 0 Å². The Morgan fingerprint density at radius 3 is 1.72 bits per heavy atom. The smallest absolute Gasteiger partial charge is 0.199 e. The molecule has 1 aliphatic heterocycles. The summed E-state index contributed by atoms with van der Waals surface area (Å²) in [6.07, 6.45) is 0. The van der Waals surface area contributed by atoms with E-state index in [1.807, 2.05) is 60.7 Å². The molecule has 0 bridgehead atoms. The number of hydrogen-bond donors (Lipinski definition) is 0. The molecule has 0 radical (unpaired) electrons. The number of rotatable bonds is 3. The van der Waals surface area contributed by atoms with Crippen molar-refractivity contribution in [1.82, 2.24) is 4.41 Å². The molecule has 0 saturated carbocycles. The van der Waals surface area contributed by atoms with Crippen molar-refractivity contribution in [1.29, 1.82) is 0 Å². The topological polar surface area (TPSA) is 66.8 Å². The van der Waals surface area contributed by atoms with E-state index < -0.39 is 15.6 Å². The predicted octanol–water partition coefficient (Wildman–Crippen LogP) is 3.66. The standard InChI is InChI=1S/C19H14N2O3S/c22-20-21-19(15-9-3-1-4-10-15,16-11-5-2-6-12-16)17-13-7-8-14-18(17)25(21,23)24/h1-14H. The highest BCUT2D eigenvalue weighted by Crippen LogP contribution is 2.52. The number of nitrogens with zero attached hydrogens (tertiary/aromatic N) is 2. The average molecular weight is 350 g/mol. The van der Waals surface area contributed by atoms with Crippen molar-refractivity contribution in [3.8, 4) is 0 Å². The molecule has 3 aromatic rings. The van der Waals surface area contributed by atoms with Gasteiger partial charge in [-0.05, 0) is 17.2 Å². The minimum atomic E-state index is -4.05. The third kappa shape index (κ3) is 1.97. The van der Waals surface area contributed by atoms with Gasteiger partial charge in [0.25, 0.3) is 10.0 Å². The van der Waals surface area contributed by atoms with Gasteiger partial charge >= 0.3 is 0 Å². The molecule has 1 heterocycles. The molecule has 0 N–H and O–H groups in total. The van der Waals surface area contributed by atoms with E-state index in [-0.39, 0.29) is 4.90 Å². The first-order valence-corrected chi connectivity index (χ1v) is 9.16. The first kappa shape index (κ1) is 15.5. The van der Waals surface area contributed by atoms with Crippen LogP contribution in [0.3, 0.4) is 0 Å². The van der Waals surface area contributed by atoms with E-state index >= 15 is 0 Å². The number of nitroso groups, excluding NO2 is 1. The highest BCUT2D eigenvalue weighted by Gasteiger charge is 2.57. The molecule has 4 rings (SSSR count). The molecule has 5 nitrogen and oxygen atoms in total. The van der Waals surface area contributed by atoms with Crippen LogP contribution >= 0.6 is 0 Å². The number of hydrogen-bond acceptors (Lipinski definition) is 4. The Balaban J connectivity index is 2.20. The molecule has 0 amide bonds. The van der Waals surface area contributed by atoms with Gasteiger partial charge in [0.1, 0.15) is 0 Å². The Morgan fingerprint density at radius 2 is 1.20 bits per heavy atom. The van der Waals surface area contributed by atoms with Crippen molar-refractivity contribution in [3.63, 3.8) is 0 Å². The molecule has 0 fully saturated rings. The maximum Gasteiger partial charge on any atom is 0.283 e. The van der Waals surface area contributed by atoms with Crippen LogP contribution < -0.4 is 0 Å². The van der Waals surface area contributed by atoms with Crippen molar-refractivity contribution in [2.75, 3.05) is 0 Å². The molecule has 0 aromatic heterocycles. The summed E-state index contributed by atoms with van der Waals surface area (Å²) in [5, 5.41) is 2.96. The summed E-state index contributed by atoms with van der Waals surface area (Å²) in [5.74, 6) is 0. The van der Waals surface area contributed by atoms with Crippen molar-refractivity contribution in [3.05, 3.63) is 107 Å². The molecule has 3 aromatic carbocycles. The van der Waals surface area contributed by atoms with Crippen LogP contribution in [0.4, 0.5) is 0 Å². The molecular weight excluding hydrogens is 336 g/mol. The van der Waals surface area contributed by atoms with Crippen LogP contribution in [0.25, 0.3) is 0 Å². The molecule has 0 aliphatic carbocycles. The lowest BCUT2D eigenvalue weighted by Gasteiger charge is -2.34. The zero-order chi connectivity index (χ0) is 17.5. The second-order valence-corrected chi connectivity index (χ2v) is 7.50.